The highest BCUT2D eigenvalue weighted by molar-refractivity contribution is 5.19. The molecule has 0 radical (unpaired) electrons. The number of benzene rings is 1. The zero-order chi connectivity index (χ0) is 11.6. The van der Waals surface area contributed by atoms with Crippen molar-refractivity contribution in [2.75, 3.05) is 19.8 Å². The molecular weight excluding hydrogens is 214 g/mol. The first-order chi connectivity index (χ1) is 8.38. The number of hydrogen-bond acceptors (Lipinski definition) is 3. The van der Waals surface area contributed by atoms with Gasteiger partial charge in [-0.25, -0.2) is 0 Å². The topological polar surface area (TPSA) is 30.5 Å². The third-order valence-corrected chi connectivity index (χ3v) is 3.72. The van der Waals surface area contributed by atoms with Crippen LogP contribution in [-0.2, 0) is 9.47 Å². The molecule has 2 aliphatic heterocycles. The minimum atomic E-state index is -0.142. The Bertz CT molecular complexity index is 354. The van der Waals surface area contributed by atoms with Crippen molar-refractivity contribution in [1.82, 2.24) is 5.32 Å². The van der Waals surface area contributed by atoms with E-state index in [2.05, 4.69) is 35.6 Å². The van der Waals surface area contributed by atoms with E-state index in [9.17, 15) is 0 Å². The number of nitrogens with one attached hydrogen (secondary N) is 1. The summed E-state index contributed by atoms with van der Waals surface area (Å²) in [6.07, 6.45) is 2.96. The maximum Gasteiger partial charge on any atom is 0.124 e. The second kappa shape index (κ2) is 4.77. The second-order valence-corrected chi connectivity index (χ2v) is 4.85. The Morgan fingerprint density at radius 3 is 2.59 bits per heavy atom. The van der Waals surface area contributed by atoms with Gasteiger partial charge >= 0.3 is 0 Å². The van der Waals surface area contributed by atoms with Crippen molar-refractivity contribution in [3.8, 4) is 0 Å². The minimum Gasteiger partial charge on any atom is -0.381 e. The summed E-state index contributed by atoms with van der Waals surface area (Å²) in [5.74, 6) is 0. The molecule has 2 saturated heterocycles. The average molecular weight is 233 g/mol. The Labute approximate surface area is 102 Å². The molecule has 1 aromatic rings. The summed E-state index contributed by atoms with van der Waals surface area (Å²) in [5, 5.41) is 3.68. The zero-order valence-electron chi connectivity index (χ0n) is 10.0. The summed E-state index contributed by atoms with van der Waals surface area (Å²) in [5.41, 5.74) is 1.22. The van der Waals surface area contributed by atoms with E-state index in [1.807, 2.05) is 0 Å². The number of rotatable bonds is 1. The first-order valence-electron chi connectivity index (χ1n) is 6.42. The molecule has 3 rings (SSSR count). The van der Waals surface area contributed by atoms with Gasteiger partial charge < -0.3 is 9.47 Å². The molecule has 0 aliphatic carbocycles. The van der Waals surface area contributed by atoms with Crippen LogP contribution in [0.2, 0.25) is 0 Å². The standard InChI is InChI=1S/C14H19NO2/c1-2-4-12(5-3-1)13-6-9-17-14(15-13)7-10-16-11-8-14/h1-5,13,15H,6-11H2. The van der Waals surface area contributed by atoms with Crippen molar-refractivity contribution in [2.45, 2.75) is 31.0 Å². The maximum atomic E-state index is 5.97. The molecule has 92 valence electrons. The van der Waals surface area contributed by atoms with Crippen molar-refractivity contribution in [3.63, 3.8) is 0 Å². The van der Waals surface area contributed by atoms with Gasteiger partial charge in [0.15, 0.2) is 0 Å². The summed E-state index contributed by atoms with van der Waals surface area (Å²) < 4.78 is 11.4. The lowest BCUT2D eigenvalue weighted by molar-refractivity contribution is -0.159. The van der Waals surface area contributed by atoms with Gasteiger partial charge in [0.2, 0.25) is 0 Å². The van der Waals surface area contributed by atoms with E-state index < -0.39 is 0 Å². The molecule has 3 heteroatoms. The van der Waals surface area contributed by atoms with E-state index in [1.165, 1.54) is 5.56 Å². The van der Waals surface area contributed by atoms with Crippen LogP contribution in [0.15, 0.2) is 30.3 Å². The fraction of sp³-hybridized carbons (Fsp3) is 0.571. The zero-order valence-corrected chi connectivity index (χ0v) is 10.0. The predicted molar refractivity (Wildman–Crippen MR) is 65.7 cm³/mol. The van der Waals surface area contributed by atoms with Gasteiger partial charge in [0, 0.05) is 18.9 Å². The van der Waals surface area contributed by atoms with Crippen molar-refractivity contribution in [1.29, 1.82) is 0 Å². The van der Waals surface area contributed by atoms with Crippen LogP contribution in [0, 0.1) is 0 Å². The minimum absolute atomic E-state index is 0.142. The molecule has 0 bridgehead atoms. The summed E-state index contributed by atoms with van der Waals surface area (Å²) in [7, 11) is 0. The Morgan fingerprint density at radius 1 is 1.06 bits per heavy atom. The van der Waals surface area contributed by atoms with Gasteiger partial charge in [-0.2, -0.15) is 0 Å². The lowest BCUT2D eigenvalue weighted by atomic mass is 9.95. The van der Waals surface area contributed by atoms with Crippen molar-refractivity contribution in [3.05, 3.63) is 35.9 Å². The molecule has 2 heterocycles. The maximum absolute atomic E-state index is 5.97. The fourth-order valence-corrected chi connectivity index (χ4v) is 2.73. The average Bonchev–Trinajstić information content (AvgIpc) is 2.41. The van der Waals surface area contributed by atoms with E-state index in [4.69, 9.17) is 9.47 Å². The third kappa shape index (κ3) is 2.37. The Balaban J connectivity index is 1.75. The highest BCUT2D eigenvalue weighted by Crippen LogP contribution is 2.32. The summed E-state index contributed by atoms with van der Waals surface area (Å²) in [6, 6.07) is 11.1. The van der Waals surface area contributed by atoms with Crippen LogP contribution < -0.4 is 5.32 Å². The first kappa shape index (κ1) is 11.2. The molecule has 3 nitrogen and oxygen atoms in total. The van der Waals surface area contributed by atoms with Crippen LogP contribution in [0.4, 0.5) is 0 Å². The third-order valence-electron chi connectivity index (χ3n) is 3.72. The first-order valence-corrected chi connectivity index (χ1v) is 6.42. The van der Waals surface area contributed by atoms with Crippen molar-refractivity contribution >= 4 is 0 Å². The highest BCUT2D eigenvalue weighted by atomic mass is 16.5. The van der Waals surface area contributed by atoms with Gasteiger partial charge in [0.1, 0.15) is 5.72 Å². The molecular formula is C14H19NO2. The summed E-state index contributed by atoms with van der Waals surface area (Å²) in [6.45, 7) is 2.44. The number of ether oxygens (including phenoxy) is 2. The van der Waals surface area contributed by atoms with Crippen LogP contribution in [0.1, 0.15) is 30.9 Å². The van der Waals surface area contributed by atoms with E-state index in [0.29, 0.717) is 6.04 Å². The molecule has 0 amide bonds. The molecule has 1 N–H and O–H groups in total. The second-order valence-electron chi connectivity index (χ2n) is 4.85. The van der Waals surface area contributed by atoms with Crippen LogP contribution in [0.5, 0.6) is 0 Å². The summed E-state index contributed by atoms with van der Waals surface area (Å²) >= 11 is 0. The van der Waals surface area contributed by atoms with Crippen LogP contribution in [0.25, 0.3) is 0 Å². The Morgan fingerprint density at radius 2 is 1.82 bits per heavy atom. The summed E-state index contributed by atoms with van der Waals surface area (Å²) in [4.78, 5) is 0. The molecule has 2 fully saturated rings. The van der Waals surface area contributed by atoms with Crippen molar-refractivity contribution in [2.24, 2.45) is 0 Å². The lowest BCUT2D eigenvalue weighted by Gasteiger charge is -2.44. The molecule has 1 atom stereocenters. The van der Waals surface area contributed by atoms with E-state index >= 15 is 0 Å². The normalized spacial score (nSPS) is 28.1. The largest absolute Gasteiger partial charge is 0.381 e. The highest BCUT2D eigenvalue weighted by Gasteiger charge is 2.38. The number of hydrogen-bond donors (Lipinski definition) is 1. The molecule has 2 aliphatic rings. The fourth-order valence-electron chi connectivity index (χ4n) is 2.73. The van der Waals surface area contributed by atoms with Gasteiger partial charge in [-0.05, 0) is 12.0 Å². The van der Waals surface area contributed by atoms with Crippen LogP contribution >= 0.6 is 0 Å². The molecule has 1 aromatic carbocycles. The molecule has 0 saturated carbocycles. The molecule has 0 aromatic heterocycles. The van der Waals surface area contributed by atoms with Gasteiger partial charge in [0.05, 0.1) is 19.8 Å². The van der Waals surface area contributed by atoms with Gasteiger partial charge in [-0.15, -0.1) is 0 Å². The lowest BCUT2D eigenvalue weighted by Crippen LogP contribution is -2.56. The van der Waals surface area contributed by atoms with Crippen LogP contribution in [0.3, 0.4) is 0 Å². The smallest absolute Gasteiger partial charge is 0.124 e. The molecule has 17 heavy (non-hydrogen) atoms. The van der Waals surface area contributed by atoms with Gasteiger partial charge in [-0.3, -0.25) is 5.32 Å². The van der Waals surface area contributed by atoms with Crippen LogP contribution in [-0.4, -0.2) is 25.5 Å². The SMILES string of the molecule is c1ccc(C2CCOC3(CCOCC3)N2)cc1. The monoisotopic (exact) mass is 233 g/mol. The van der Waals surface area contributed by atoms with Gasteiger partial charge in [0.25, 0.3) is 0 Å². The van der Waals surface area contributed by atoms with E-state index in [0.717, 1.165) is 39.1 Å². The molecule has 1 spiro atoms. The van der Waals surface area contributed by atoms with E-state index in [-0.39, 0.29) is 5.72 Å². The van der Waals surface area contributed by atoms with E-state index in [1.54, 1.807) is 0 Å². The predicted octanol–water partition coefficient (Wildman–Crippen LogP) is 2.24. The Hall–Kier alpha value is -0.900. The van der Waals surface area contributed by atoms with Crippen molar-refractivity contribution < 1.29 is 9.47 Å². The molecule has 1 unspecified atom stereocenters. The Kier molecular flexibility index (Phi) is 3.14. The van der Waals surface area contributed by atoms with Gasteiger partial charge in [-0.1, -0.05) is 30.3 Å². The quantitative estimate of drug-likeness (QED) is 0.807.